The lowest BCUT2D eigenvalue weighted by Crippen LogP contribution is -2.31. The van der Waals surface area contributed by atoms with Crippen molar-refractivity contribution >= 4 is 6.09 Å². The molecule has 18 heavy (non-hydrogen) atoms. The van der Waals surface area contributed by atoms with Gasteiger partial charge in [-0.1, -0.05) is 0 Å². The Morgan fingerprint density at radius 1 is 1.61 bits per heavy atom. The molecule has 1 aromatic heterocycles. The number of halogens is 3. The summed E-state index contributed by atoms with van der Waals surface area (Å²) >= 11 is 0. The number of alkyl halides is 3. The van der Waals surface area contributed by atoms with Gasteiger partial charge in [0.1, 0.15) is 12.4 Å². The van der Waals surface area contributed by atoms with E-state index in [1.165, 1.54) is 11.0 Å². The number of ether oxygens (including phenoxy) is 1. The average molecular weight is 263 g/mol. The van der Waals surface area contributed by atoms with E-state index in [0.29, 0.717) is 0 Å². The van der Waals surface area contributed by atoms with Crippen LogP contribution in [0, 0.1) is 11.3 Å². The van der Waals surface area contributed by atoms with E-state index >= 15 is 0 Å². The molecule has 0 aromatic carbocycles. The maximum atomic E-state index is 11.7. The largest absolute Gasteiger partial charge is 0.440 e. The highest BCUT2D eigenvalue weighted by molar-refractivity contribution is 5.67. The van der Waals surface area contributed by atoms with Crippen LogP contribution in [0.5, 0.6) is 0 Å². The number of nitrogens with zero attached hydrogens (tertiary/aromatic N) is 4. The minimum Gasteiger partial charge on any atom is -0.440 e. The number of alkyl carbamates (subject to hydrolysis) is 1. The monoisotopic (exact) mass is 263 g/mol. The topological polar surface area (TPSA) is 92.8 Å². The Bertz CT molecular complexity index is 450. The van der Waals surface area contributed by atoms with Gasteiger partial charge in [0, 0.05) is 6.54 Å². The molecule has 1 aromatic rings. The summed E-state index contributed by atoms with van der Waals surface area (Å²) in [6.07, 6.45) is -4.46. The Balaban J connectivity index is 2.22. The van der Waals surface area contributed by atoms with Crippen molar-refractivity contribution < 1.29 is 22.7 Å². The Kier molecular flexibility index (Phi) is 4.47. The second-order valence-corrected chi connectivity index (χ2v) is 3.06. The summed E-state index contributed by atoms with van der Waals surface area (Å²) in [4.78, 5) is 14.4. The van der Waals surface area contributed by atoms with E-state index in [1.54, 1.807) is 6.07 Å². The standard InChI is InChI=1S/C8H8F3N5O2/c9-8(10,11)4-18-7(17)13-1-2-16-5-14-6(3-12)15-16/h5H,1-2,4H2,(H,13,17). The third kappa shape index (κ3) is 5.15. The molecule has 0 atom stereocenters. The van der Waals surface area contributed by atoms with Crippen molar-refractivity contribution in [2.24, 2.45) is 0 Å². The van der Waals surface area contributed by atoms with Crippen LogP contribution >= 0.6 is 0 Å². The average Bonchev–Trinajstić information content (AvgIpc) is 2.73. The number of hydrogen-bond donors (Lipinski definition) is 1. The van der Waals surface area contributed by atoms with Gasteiger partial charge in [-0.25, -0.2) is 14.5 Å². The van der Waals surface area contributed by atoms with Crippen molar-refractivity contribution in [1.82, 2.24) is 20.1 Å². The van der Waals surface area contributed by atoms with Crippen LogP contribution in [0.25, 0.3) is 0 Å². The molecule has 0 unspecified atom stereocenters. The highest BCUT2D eigenvalue weighted by atomic mass is 19.4. The number of nitrogens with one attached hydrogen (secondary N) is 1. The first-order valence-electron chi connectivity index (χ1n) is 4.67. The summed E-state index contributed by atoms with van der Waals surface area (Å²) in [7, 11) is 0. The second-order valence-electron chi connectivity index (χ2n) is 3.06. The molecule has 0 aliphatic rings. The van der Waals surface area contributed by atoms with E-state index in [9.17, 15) is 18.0 Å². The smallest absolute Gasteiger partial charge is 0.422 e. The second kappa shape index (κ2) is 5.85. The lowest BCUT2D eigenvalue weighted by atomic mass is 10.6. The number of carbonyl (C=O) groups is 1. The predicted molar refractivity (Wildman–Crippen MR) is 50.1 cm³/mol. The van der Waals surface area contributed by atoms with Gasteiger partial charge in [-0.05, 0) is 0 Å². The van der Waals surface area contributed by atoms with Gasteiger partial charge in [-0.2, -0.15) is 18.4 Å². The minimum atomic E-state index is -4.55. The molecule has 1 rings (SSSR count). The maximum Gasteiger partial charge on any atom is 0.422 e. The van der Waals surface area contributed by atoms with Crippen LogP contribution < -0.4 is 5.32 Å². The fourth-order valence-electron chi connectivity index (χ4n) is 0.925. The van der Waals surface area contributed by atoms with Gasteiger partial charge in [-0.3, -0.25) is 0 Å². The molecular weight excluding hydrogens is 255 g/mol. The van der Waals surface area contributed by atoms with Crippen molar-refractivity contribution in [2.75, 3.05) is 13.2 Å². The maximum absolute atomic E-state index is 11.7. The van der Waals surface area contributed by atoms with Crippen LogP contribution in [0.4, 0.5) is 18.0 Å². The first-order chi connectivity index (χ1) is 8.40. The first kappa shape index (κ1) is 13.8. The summed E-state index contributed by atoms with van der Waals surface area (Å²) in [5, 5.41) is 14.2. The Hall–Kier alpha value is -2.31. The Labute approximate surface area is 99.2 Å². The molecule has 1 amide bonds. The fourth-order valence-corrected chi connectivity index (χ4v) is 0.925. The molecule has 98 valence electrons. The molecule has 1 N–H and O–H groups in total. The predicted octanol–water partition coefficient (Wildman–Crippen LogP) is 0.438. The van der Waals surface area contributed by atoms with Gasteiger partial charge >= 0.3 is 12.3 Å². The molecule has 0 saturated heterocycles. The number of rotatable bonds is 4. The Morgan fingerprint density at radius 3 is 2.89 bits per heavy atom. The van der Waals surface area contributed by atoms with E-state index in [0.717, 1.165) is 0 Å². The number of nitriles is 1. The molecule has 0 bridgehead atoms. The number of hydrogen-bond acceptors (Lipinski definition) is 5. The molecule has 7 nitrogen and oxygen atoms in total. The quantitative estimate of drug-likeness (QED) is 0.850. The van der Waals surface area contributed by atoms with Crippen LogP contribution in [-0.4, -0.2) is 40.2 Å². The van der Waals surface area contributed by atoms with Gasteiger partial charge in [0.15, 0.2) is 6.61 Å². The van der Waals surface area contributed by atoms with Crippen molar-refractivity contribution in [3.8, 4) is 6.07 Å². The van der Waals surface area contributed by atoms with Gasteiger partial charge < -0.3 is 10.1 Å². The third-order valence-corrected chi connectivity index (χ3v) is 1.61. The number of aromatic nitrogens is 3. The zero-order valence-corrected chi connectivity index (χ0v) is 8.94. The van der Waals surface area contributed by atoms with E-state index in [2.05, 4.69) is 20.1 Å². The van der Waals surface area contributed by atoms with E-state index < -0.39 is 18.9 Å². The lowest BCUT2D eigenvalue weighted by Gasteiger charge is -2.08. The van der Waals surface area contributed by atoms with Crippen molar-refractivity contribution in [2.45, 2.75) is 12.7 Å². The molecule has 10 heteroatoms. The fraction of sp³-hybridized carbons (Fsp3) is 0.500. The zero-order valence-electron chi connectivity index (χ0n) is 8.94. The third-order valence-electron chi connectivity index (χ3n) is 1.61. The van der Waals surface area contributed by atoms with E-state index in [4.69, 9.17) is 5.26 Å². The molecule has 0 radical (unpaired) electrons. The molecule has 1 heterocycles. The highest BCUT2D eigenvalue weighted by Gasteiger charge is 2.29. The van der Waals surface area contributed by atoms with Crippen LogP contribution in [0.1, 0.15) is 5.82 Å². The minimum absolute atomic E-state index is 0.00488. The van der Waals surface area contributed by atoms with Gasteiger partial charge in [-0.15, -0.1) is 5.10 Å². The molecular formula is C8H8F3N5O2. The van der Waals surface area contributed by atoms with Crippen molar-refractivity contribution in [3.05, 3.63) is 12.2 Å². The Morgan fingerprint density at radius 2 is 2.33 bits per heavy atom. The summed E-state index contributed by atoms with van der Waals surface area (Å²) in [5.41, 5.74) is 0. The molecule has 0 spiro atoms. The van der Waals surface area contributed by atoms with Crippen molar-refractivity contribution in [3.63, 3.8) is 0 Å². The van der Waals surface area contributed by atoms with Crippen LogP contribution in [-0.2, 0) is 11.3 Å². The summed E-state index contributed by atoms with van der Waals surface area (Å²) in [6, 6.07) is 1.70. The normalized spacial score (nSPS) is 10.8. The van der Waals surface area contributed by atoms with Crippen molar-refractivity contribution in [1.29, 1.82) is 5.26 Å². The van der Waals surface area contributed by atoms with Gasteiger partial charge in [0.25, 0.3) is 5.82 Å². The van der Waals surface area contributed by atoms with E-state index in [1.807, 2.05) is 0 Å². The van der Waals surface area contributed by atoms with Crippen LogP contribution in [0.3, 0.4) is 0 Å². The molecule has 0 saturated carbocycles. The number of carbonyl (C=O) groups excluding carboxylic acids is 1. The molecule has 0 aliphatic heterocycles. The van der Waals surface area contributed by atoms with Crippen LogP contribution in [0.15, 0.2) is 6.33 Å². The molecule has 0 aliphatic carbocycles. The van der Waals surface area contributed by atoms with Gasteiger partial charge in [0.2, 0.25) is 0 Å². The highest BCUT2D eigenvalue weighted by Crippen LogP contribution is 2.14. The molecule has 0 fully saturated rings. The summed E-state index contributed by atoms with van der Waals surface area (Å²) in [5.74, 6) is -0.0327. The zero-order chi connectivity index (χ0) is 13.6. The summed E-state index contributed by atoms with van der Waals surface area (Å²) < 4.78 is 40.2. The van der Waals surface area contributed by atoms with Gasteiger partial charge in [0.05, 0.1) is 6.54 Å². The number of amides is 1. The van der Waals surface area contributed by atoms with Crippen LogP contribution in [0.2, 0.25) is 0 Å². The SMILES string of the molecule is N#Cc1ncn(CCNC(=O)OCC(F)(F)F)n1. The van der Waals surface area contributed by atoms with E-state index in [-0.39, 0.29) is 18.9 Å². The summed E-state index contributed by atoms with van der Waals surface area (Å²) in [6.45, 7) is -1.47. The first-order valence-corrected chi connectivity index (χ1v) is 4.67. The lowest BCUT2D eigenvalue weighted by molar-refractivity contribution is -0.160.